The van der Waals surface area contributed by atoms with E-state index in [0.717, 1.165) is 6.20 Å². The molecule has 2 aromatic carbocycles. The van der Waals surface area contributed by atoms with Gasteiger partial charge >= 0.3 is 6.18 Å². The minimum Gasteiger partial charge on any atom is -0.360 e. The standard InChI is InChI=1S/C20H13ClF3N5O2/c21-11-4-3-5-12(8-11)29-17(20(22,23)24)15(10-26-29)19(31)28-27-18(30)14-9-25-16-7-2-1-6-13(14)16/h1-10,25H,(H,27,30)(H,28,31). The monoisotopic (exact) mass is 447 g/mol. The fourth-order valence-corrected chi connectivity index (χ4v) is 3.28. The van der Waals surface area contributed by atoms with Crippen LogP contribution in [0.5, 0.6) is 0 Å². The van der Waals surface area contributed by atoms with Gasteiger partial charge in [-0.25, -0.2) is 4.68 Å². The molecule has 2 amide bonds. The second-order valence-electron chi connectivity index (χ2n) is 6.45. The van der Waals surface area contributed by atoms with Crippen LogP contribution in [0.25, 0.3) is 16.6 Å². The number of rotatable bonds is 3. The first-order chi connectivity index (χ1) is 14.8. The molecule has 31 heavy (non-hydrogen) atoms. The lowest BCUT2D eigenvalue weighted by molar-refractivity contribution is -0.143. The highest BCUT2D eigenvalue weighted by atomic mass is 35.5. The van der Waals surface area contributed by atoms with Gasteiger partial charge in [-0.3, -0.25) is 20.4 Å². The van der Waals surface area contributed by atoms with Crippen molar-refractivity contribution in [3.05, 3.63) is 82.8 Å². The molecule has 0 aliphatic heterocycles. The Hall–Kier alpha value is -3.79. The number of halogens is 4. The Balaban J connectivity index is 1.59. The van der Waals surface area contributed by atoms with Crippen molar-refractivity contribution in [1.82, 2.24) is 25.6 Å². The van der Waals surface area contributed by atoms with E-state index in [-0.39, 0.29) is 16.3 Å². The maximum Gasteiger partial charge on any atom is 0.434 e. The number of carbonyl (C=O) groups excluding carboxylic acids is 2. The van der Waals surface area contributed by atoms with Gasteiger partial charge in [0.25, 0.3) is 11.8 Å². The number of hydrazine groups is 1. The summed E-state index contributed by atoms with van der Waals surface area (Å²) in [6.45, 7) is 0. The minimum atomic E-state index is -4.90. The van der Waals surface area contributed by atoms with E-state index in [1.54, 1.807) is 24.3 Å². The van der Waals surface area contributed by atoms with Gasteiger partial charge in [0.2, 0.25) is 0 Å². The molecule has 3 N–H and O–H groups in total. The number of fused-ring (bicyclic) bond motifs is 1. The van der Waals surface area contributed by atoms with Crippen LogP contribution >= 0.6 is 11.6 Å². The zero-order valence-electron chi connectivity index (χ0n) is 15.5. The second kappa shape index (κ2) is 7.80. The van der Waals surface area contributed by atoms with Crippen LogP contribution in [0.15, 0.2) is 60.9 Å². The van der Waals surface area contributed by atoms with Gasteiger partial charge in [0.1, 0.15) is 0 Å². The fraction of sp³-hybridized carbons (Fsp3) is 0.0500. The third kappa shape index (κ3) is 3.97. The molecular weight excluding hydrogens is 435 g/mol. The summed E-state index contributed by atoms with van der Waals surface area (Å²) in [5, 5.41) is 4.50. The van der Waals surface area contributed by atoms with Crippen LogP contribution in [-0.2, 0) is 6.18 Å². The summed E-state index contributed by atoms with van der Waals surface area (Å²) in [6, 6.07) is 12.6. The molecule has 158 valence electrons. The van der Waals surface area contributed by atoms with Gasteiger partial charge in [-0.05, 0) is 24.3 Å². The fourth-order valence-electron chi connectivity index (χ4n) is 3.10. The molecule has 0 aliphatic carbocycles. The molecule has 0 saturated carbocycles. The topological polar surface area (TPSA) is 91.8 Å². The van der Waals surface area contributed by atoms with Crippen LogP contribution in [0.4, 0.5) is 13.2 Å². The Bertz CT molecular complexity index is 1300. The zero-order chi connectivity index (χ0) is 22.2. The van der Waals surface area contributed by atoms with E-state index < -0.39 is 29.2 Å². The third-order valence-corrected chi connectivity index (χ3v) is 4.69. The number of hydrogen-bond acceptors (Lipinski definition) is 3. The number of benzene rings is 2. The van der Waals surface area contributed by atoms with Crippen LogP contribution in [0.2, 0.25) is 5.02 Å². The minimum absolute atomic E-state index is 0.0294. The Morgan fingerprint density at radius 3 is 2.42 bits per heavy atom. The van der Waals surface area contributed by atoms with E-state index in [2.05, 4.69) is 15.5 Å². The van der Waals surface area contributed by atoms with Crippen LogP contribution in [0.1, 0.15) is 26.4 Å². The highest BCUT2D eigenvalue weighted by Gasteiger charge is 2.40. The van der Waals surface area contributed by atoms with Gasteiger partial charge in [0, 0.05) is 22.1 Å². The molecule has 0 saturated heterocycles. The van der Waals surface area contributed by atoms with Crippen LogP contribution in [0.3, 0.4) is 0 Å². The molecule has 0 aliphatic rings. The number of aromatic nitrogens is 3. The van der Waals surface area contributed by atoms with Crippen LogP contribution in [-0.4, -0.2) is 26.6 Å². The van der Waals surface area contributed by atoms with E-state index in [9.17, 15) is 22.8 Å². The maximum absolute atomic E-state index is 13.7. The second-order valence-corrected chi connectivity index (χ2v) is 6.89. The van der Waals surface area contributed by atoms with Crippen LogP contribution in [0, 0.1) is 0 Å². The molecule has 0 radical (unpaired) electrons. The molecular formula is C20H13ClF3N5O2. The average molecular weight is 448 g/mol. The molecule has 0 bridgehead atoms. The first-order valence-electron chi connectivity index (χ1n) is 8.83. The first kappa shape index (κ1) is 20.5. The van der Waals surface area contributed by atoms with Crippen molar-refractivity contribution in [2.75, 3.05) is 0 Å². The van der Waals surface area contributed by atoms with Crippen molar-refractivity contribution in [3.63, 3.8) is 0 Å². The Labute approximate surface area is 177 Å². The molecule has 4 rings (SSSR count). The number of carbonyl (C=O) groups is 2. The molecule has 4 aromatic rings. The summed E-state index contributed by atoms with van der Waals surface area (Å²) < 4.78 is 41.7. The third-order valence-electron chi connectivity index (χ3n) is 4.46. The number of alkyl halides is 3. The van der Waals surface area contributed by atoms with Gasteiger partial charge in [0.05, 0.1) is 23.0 Å². The van der Waals surface area contributed by atoms with Gasteiger partial charge in [-0.2, -0.15) is 18.3 Å². The lowest BCUT2D eigenvalue weighted by Crippen LogP contribution is -2.42. The number of H-pyrrole nitrogens is 1. The van der Waals surface area contributed by atoms with Crippen molar-refractivity contribution in [2.24, 2.45) is 0 Å². The highest BCUT2D eigenvalue weighted by molar-refractivity contribution is 6.30. The Morgan fingerprint density at radius 1 is 1.00 bits per heavy atom. The molecule has 0 atom stereocenters. The molecule has 2 heterocycles. The van der Waals surface area contributed by atoms with Crippen LogP contribution < -0.4 is 10.9 Å². The maximum atomic E-state index is 13.7. The lowest BCUT2D eigenvalue weighted by atomic mass is 10.2. The summed E-state index contributed by atoms with van der Waals surface area (Å²) in [7, 11) is 0. The number of hydrogen-bond donors (Lipinski definition) is 3. The molecule has 0 fully saturated rings. The number of amides is 2. The van der Waals surface area contributed by atoms with Crippen molar-refractivity contribution < 1.29 is 22.8 Å². The summed E-state index contributed by atoms with van der Waals surface area (Å²) >= 11 is 5.85. The number of nitrogens with one attached hydrogen (secondary N) is 3. The largest absolute Gasteiger partial charge is 0.434 e. The Kier molecular flexibility index (Phi) is 5.15. The van der Waals surface area contributed by atoms with E-state index >= 15 is 0 Å². The number of nitrogens with zero attached hydrogens (tertiary/aromatic N) is 2. The van der Waals surface area contributed by atoms with E-state index in [0.29, 0.717) is 15.6 Å². The normalized spacial score (nSPS) is 11.5. The van der Waals surface area contributed by atoms with E-state index in [1.165, 1.54) is 30.5 Å². The van der Waals surface area contributed by atoms with Gasteiger partial charge in [-0.15, -0.1) is 0 Å². The average Bonchev–Trinajstić information content (AvgIpc) is 3.36. The predicted molar refractivity (Wildman–Crippen MR) is 107 cm³/mol. The summed E-state index contributed by atoms with van der Waals surface area (Å²) in [5.74, 6) is -1.87. The summed E-state index contributed by atoms with van der Waals surface area (Å²) in [4.78, 5) is 27.7. The van der Waals surface area contributed by atoms with E-state index in [4.69, 9.17) is 11.6 Å². The molecule has 11 heteroatoms. The summed E-state index contributed by atoms with van der Waals surface area (Å²) in [6.07, 6.45) is -2.69. The molecule has 2 aromatic heterocycles. The van der Waals surface area contributed by atoms with Crippen molar-refractivity contribution >= 4 is 34.3 Å². The first-order valence-corrected chi connectivity index (χ1v) is 9.21. The van der Waals surface area contributed by atoms with Gasteiger partial charge in [0.15, 0.2) is 5.69 Å². The smallest absolute Gasteiger partial charge is 0.360 e. The SMILES string of the molecule is O=C(NNC(=O)c1c[nH]c2ccccc12)c1cnn(-c2cccc(Cl)c2)c1C(F)(F)F. The van der Waals surface area contributed by atoms with Gasteiger partial charge in [-0.1, -0.05) is 35.9 Å². The molecule has 7 nitrogen and oxygen atoms in total. The number of aromatic amines is 1. The quantitative estimate of drug-likeness (QED) is 0.413. The highest BCUT2D eigenvalue weighted by Crippen LogP contribution is 2.34. The molecule has 0 unspecified atom stereocenters. The zero-order valence-corrected chi connectivity index (χ0v) is 16.3. The summed E-state index contributed by atoms with van der Waals surface area (Å²) in [5.41, 5.74) is 3.03. The number of para-hydroxylation sites is 1. The van der Waals surface area contributed by atoms with Gasteiger partial charge < -0.3 is 4.98 Å². The lowest BCUT2D eigenvalue weighted by Gasteiger charge is -2.13. The predicted octanol–water partition coefficient (Wildman–Crippen LogP) is 4.10. The van der Waals surface area contributed by atoms with Crippen molar-refractivity contribution in [2.45, 2.75) is 6.18 Å². The molecule has 0 spiro atoms. The van der Waals surface area contributed by atoms with Crippen molar-refractivity contribution in [3.8, 4) is 5.69 Å². The Morgan fingerprint density at radius 2 is 1.71 bits per heavy atom. The van der Waals surface area contributed by atoms with Crippen molar-refractivity contribution in [1.29, 1.82) is 0 Å². The van der Waals surface area contributed by atoms with E-state index in [1.807, 2.05) is 5.43 Å².